The van der Waals surface area contributed by atoms with Gasteiger partial charge in [0, 0.05) is 6.04 Å². The lowest BCUT2D eigenvalue weighted by molar-refractivity contribution is -0.00859. The van der Waals surface area contributed by atoms with Crippen molar-refractivity contribution >= 4 is 0 Å². The molecule has 0 aromatic rings. The van der Waals surface area contributed by atoms with Crippen LogP contribution >= 0.6 is 0 Å². The van der Waals surface area contributed by atoms with Gasteiger partial charge < -0.3 is 4.74 Å². The molecule has 0 aromatic carbocycles. The zero-order chi connectivity index (χ0) is 6.97. The van der Waals surface area contributed by atoms with E-state index in [1.807, 2.05) is 0 Å². The van der Waals surface area contributed by atoms with E-state index in [1.54, 1.807) is 0 Å². The summed E-state index contributed by atoms with van der Waals surface area (Å²) in [5.41, 5.74) is 2.82. The second-order valence-electron chi connectivity index (χ2n) is 3.29. The third kappa shape index (κ3) is 1.05. The first-order valence-corrected chi connectivity index (χ1v) is 4.00. The maximum absolute atomic E-state index is 5.63. The monoisotopic (exact) mass is 142 g/mol. The molecule has 0 spiro atoms. The summed E-state index contributed by atoms with van der Waals surface area (Å²) in [6, 6.07) is 0.506. The van der Waals surface area contributed by atoms with Gasteiger partial charge in [0.15, 0.2) is 0 Å². The molecule has 0 saturated carbocycles. The highest BCUT2D eigenvalue weighted by Gasteiger charge is 2.34. The van der Waals surface area contributed by atoms with Gasteiger partial charge >= 0.3 is 0 Å². The van der Waals surface area contributed by atoms with Gasteiger partial charge in [-0.3, -0.25) is 11.3 Å². The van der Waals surface area contributed by atoms with Crippen molar-refractivity contribution in [2.24, 2.45) is 5.84 Å². The third-order valence-corrected chi connectivity index (χ3v) is 2.53. The fourth-order valence-corrected chi connectivity index (χ4v) is 1.99. The molecule has 2 rings (SSSR count). The van der Waals surface area contributed by atoms with Crippen LogP contribution in [0, 0.1) is 0 Å². The first-order chi connectivity index (χ1) is 4.88. The van der Waals surface area contributed by atoms with Gasteiger partial charge in [-0.2, -0.15) is 0 Å². The van der Waals surface area contributed by atoms with Crippen LogP contribution in [0.4, 0.5) is 0 Å². The van der Waals surface area contributed by atoms with Crippen molar-refractivity contribution < 1.29 is 4.74 Å². The molecule has 2 aliphatic heterocycles. The minimum Gasteiger partial charge on any atom is -0.375 e. The number of fused-ring (bicyclic) bond motifs is 2. The molecule has 0 radical (unpaired) electrons. The largest absolute Gasteiger partial charge is 0.375 e. The normalized spacial score (nSPS) is 45.9. The van der Waals surface area contributed by atoms with Gasteiger partial charge in [-0.1, -0.05) is 0 Å². The Kier molecular flexibility index (Phi) is 1.64. The van der Waals surface area contributed by atoms with Gasteiger partial charge in [0.05, 0.1) is 12.2 Å². The Balaban J connectivity index is 1.96. The lowest BCUT2D eigenvalue weighted by Crippen LogP contribution is -2.42. The molecule has 3 atom stereocenters. The van der Waals surface area contributed by atoms with Crippen LogP contribution in [-0.4, -0.2) is 18.2 Å². The molecular weight excluding hydrogens is 128 g/mol. The van der Waals surface area contributed by atoms with E-state index >= 15 is 0 Å². The number of nitrogens with one attached hydrogen (secondary N) is 1. The molecule has 2 saturated heterocycles. The Hall–Kier alpha value is -0.120. The summed E-state index contributed by atoms with van der Waals surface area (Å²) in [6.45, 7) is 0. The van der Waals surface area contributed by atoms with Gasteiger partial charge in [-0.05, 0) is 25.7 Å². The SMILES string of the molecule is NNC1C[C@H]2CC[C@@H](C1)O2. The smallest absolute Gasteiger partial charge is 0.0595 e. The van der Waals surface area contributed by atoms with Crippen molar-refractivity contribution in [2.45, 2.75) is 43.9 Å². The summed E-state index contributed by atoms with van der Waals surface area (Å²) in [7, 11) is 0. The lowest BCUT2D eigenvalue weighted by Gasteiger charge is -2.27. The molecule has 2 fully saturated rings. The third-order valence-electron chi connectivity index (χ3n) is 2.53. The maximum Gasteiger partial charge on any atom is 0.0595 e. The van der Waals surface area contributed by atoms with E-state index in [2.05, 4.69) is 5.43 Å². The van der Waals surface area contributed by atoms with Gasteiger partial charge in [-0.15, -0.1) is 0 Å². The van der Waals surface area contributed by atoms with E-state index in [9.17, 15) is 0 Å². The molecular formula is C7H14N2O. The molecule has 2 bridgehead atoms. The van der Waals surface area contributed by atoms with Crippen molar-refractivity contribution in [1.82, 2.24) is 5.43 Å². The molecule has 2 aliphatic rings. The van der Waals surface area contributed by atoms with Crippen LogP contribution in [0.25, 0.3) is 0 Å². The van der Waals surface area contributed by atoms with Crippen LogP contribution in [0.5, 0.6) is 0 Å². The van der Waals surface area contributed by atoms with E-state index in [0.717, 1.165) is 12.8 Å². The minimum atomic E-state index is 0.500. The van der Waals surface area contributed by atoms with Crippen molar-refractivity contribution in [3.63, 3.8) is 0 Å². The highest BCUT2D eigenvalue weighted by atomic mass is 16.5. The standard InChI is InChI=1S/C7H14N2O/c8-9-5-3-6-1-2-7(4-5)10-6/h5-7,9H,1-4,8H2/t5?,6-,7+. The van der Waals surface area contributed by atoms with Gasteiger partial charge in [0.25, 0.3) is 0 Å². The summed E-state index contributed by atoms with van der Waals surface area (Å²) in [6.07, 6.45) is 5.69. The summed E-state index contributed by atoms with van der Waals surface area (Å²) >= 11 is 0. The van der Waals surface area contributed by atoms with E-state index in [0.29, 0.717) is 18.2 Å². The van der Waals surface area contributed by atoms with Crippen molar-refractivity contribution in [3.8, 4) is 0 Å². The molecule has 1 unspecified atom stereocenters. The maximum atomic E-state index is 5.63. The molecule has 0 amide bonds. The highest BCUT2D eigenvalue weighted by Crippen LogP contribution is 2.31. The number of hydrogen-bond acceptors (Lipinski definition) is 3. The Morgan fingerprint density at radius 1 is 1.20 bits per heavy atom. The summed E-state index contributed by atoms with van der Waals surface area (Å²) in [5.74, 6) is 5.35. The van der Waals surface area contributed by atoms with E-state index in [-0.39, 0.29) is 0 Å². The molecule has 0 aromatic heterocycles. The van der Waals surface area contributed by atoms with Crippen molar-refractivity contribution in [1.29, 1.82) is 0 Å². The molecule has 10 heavy (non-hydrogen) atoms. The molecule has 2 heterocycles. The van der Waals surface area contributed by atoms with Crippen LogP contribution in [-0.2, 0) is 4.74 Å². The minimum absolute atomic E-state index is 0.500. The summed E-state index contributed by atoms with van der Waals surface area (Å²) < 4.78 is 5.63. The van der Waals surface area contributed by atoms with Crippen LogP contribution in [0.3, 0.4) is 0 Å². The van der Waals surface area contributed by atoms with Gasteiger partial charge in [0.1, 0.15) is 0 Å². The average molecular weight is 142 g/mol. The second kappa shape index (κ2) is 2.49. The average Bonchev–Trinajstić information content (AvgIpc) is 2.30. The number of nitrogens with two attached hydrogens (primary N) is 1. The fraction of sp³-hybridized carbons (Fsp3) is 1.00. The molecule has 0 aliphatic carbocycles. The summed E-state index contributed by atoms with van der Waals surface area (Å²) in [5, 5.41) is 0. The Bertz CT molecular complexity index is 117. The van der Waals surface area contributed by atoms with Gasteiger partial charge in [0.2, 0.25) is 0 Å². The topological polar surface area (TPSA) is 47.3 Å². The first-order valence-electron chi connectivity index (χ1n) is 4.00. The lowest BCUT2D eigenvalue weighted by atomic mass is 10.1. The second-order valence-corrected chi connectivity index (χ2v) is 3.29. The van der Waals surface area contributed by atoms with Crippen LogP contribution < -0.4 is 11.3 Å². The van der Waals surface area contributed by atoms with E-state index < -0.39 is 0 Å². The zero-order valence-corrected chi connectivity index (χ0v) is 6.05. The Morgan fingerprint density at radius 2 is 1.80 bits per heavy atom. The first kappa shape index (κ1) is 6.58. The number of rotatable bonds is 1. The molecule has 58 valence electrons. The Labute approximate surface area is 60.9 Å². The predicted molar refractivity (Wildman–Crippen MR) is 38.2 cm³/mol. The van der Waals surface area contributed by atoms with Crippen LogP contribution in [0.2, 0.25) is 0 Å². The van der Waals surface area contributed by atoms with Crippen molar-refractivity contribution in [3.05, 3.63) is 0 Å². The Morgan fingerprint density at radius 3 is 2.30 bits per heavy atom. The number of hydrogen-bond donors (Lipinski definition) is 2. The molecule has 3 heteroatoms. The fourth-order valence-electron chi connectivity index (χ4n) is 1.99. The van der Waals surface area contributed by atoms with Crippen LogP contribution in [0.1, 0.15) is 25.7 Å². The number of ether oxygens (including phenoxy) is 1. The molecule has 3 nitrogen and oxygen atoms in total. The highest BCUT2D eigenvalue weighted by molar-refractivity contribution is 4.86. The number of hydrazine groups is 1. The van der Waals surface area contributed by atoms with E-state index in [4.69, 9.17) is 10.6 Å². The zero-order valence-electron chi connectivity index (χ0n) is 6.05. The van der Waals surface area contributed by atoms with Crippen LogP contribution in [0.15, 0.2) is 0 Å². The predicted octanol–water partition coefficient (Wildman–Crippen LogP) is 0.160. The van der Waals surface area contributed by atoms with Crippen molar-refractivity contribution in [2.75, 3.05) is 0 Å². The van der Waals surface area contributed by atoms with Gasteiger partial charge in [-0.25, -0.2) is 0 Å². The van der Waals surface area contributed by atoms with E-state index in [1.165, 1.54) is 12.8 Å². The molecule has 3 N–H and O–H groups in total. The summed E-state index contributed by atoms with van der Waals surface area (Å²) in [4.78, 5) is 0. The quantitative estimate of drug-likeness (QED) is 0.405.